The molecule has 34 heavy (non-hydrogen) atoms. The van der Waals surface area contributed by atoms with Crippen molar-refractivity contribution in [2.45, 2.75) is 6.54 Å². The van der Waals surface area contributed by atoms with Crippen LogP contribution in [-0.4, -0.2) is 38.3 Å². The molecule has 0 aliphatic heterocycles. The number of ether oxygens (including phenoxy) is 2. The normalized spacial score (nSPS) is 11.1. The summed E-state index contributed by atoms with van der Waals surface area (Å²) in [6.07, 6.45) is 1.82. The van der Waals surface area contributed by atoms with Crippen molar-refractivity contribution in [1.29, 1.82) is 0 Å². The Morgan fingerprint density at radius 2 is 1.74 bits per heavy atom. The van der Waals surface area contributed by atoms with Crippen LogP contribution in [0.1, 0.15) is 5.69 Å². The van der Waals surface area contributed by atoms with Gasteiger partial charge in [-0.05, 0) is 48.0 Å². The third-order valence-corrected chi connectivity index (χ3v) is 5.74. The minimum Gasteiger partial charge on any atom is -0.497 e. The summed E-state index contributed by atoms with van der Waals surface area (Å²) in [7, 11) is 4.95. The molecule has 0 spiro atoms. The van der Waals surface area contributed by atoms with E-state index in [1.165, 1.54) is 10.7 Å². The summed E-state index contributed by atoms with van der Waals surface area (Å²) in [5, 5.41) is 7.90. The Hall–Kier alpha value is -4.53. The predicted octanol–water partition coefficient (Wildman–Crippen LogP) is 2.95. The summed E-state index contributed by atoms with van der Waals surface area (Å²) < 4.78 is 15.4. The van der Waals surface area contributed by atoms with Crippen LogP contribution >= 0.6 is 0 Å². The van der Waals surface area contributed by atoms with E-state index < -0.39 is 0 Å². The van der Waals surface area contributed by atoms with Crippen molar-refractivity contribution >= 4 is 10.9 Å². The van der Waals surface area contributed by atoms with Gasteiger partial charge in [-0.25, -0.2) is 4.68 Å². The van der Waals surface area contributed by atoms with Crippen molar-refractivity contribution in [1.82, 2.24) is 24.1 Å². The monoisotopic (exact) mass is 457 g/mol. The number of fused-ring (bicyclic) bond motifs is 1. The highest BCUT2D eigenvalue weighted by Crippen LogP contribution is 2.28. The summed E-state index contributed by atoms with van der Waals surface area (Å²) in [5.74, 6) is 1.21. The van der Waals surface area contributed by atoms with E-state index in [1.807, 2.05) is 43.6 Å². The molecule has 172 valence electrons. The smallest absolute Gasteiger partial charge is 0.281 e. The van der Waals surface area contributed by atoms with Gasteiger partial charge < -0.3 is 14.0 Å². The van der Waals surface area contributed by atoms with Crippen molar-refractivity contribution in [3.8, 4) is 28.4 Å². The minimum atomic E-state index is -0.292. The van der Waals surface area contributed by atoms with Crippen LogP contribution in [0.25, 0.3) is 27.8 Å². The fraction of sp³-hybridized carbons (Fsp3) is 0.160. The van der Waals surface area contributed by atoms with Crippen molar-refractivity contribution in [2.24, 2.45) is 7.05 Å². The van der Waals surface area contributed by atoms with Crippen LogP contribution in [-0.2, 0) is 13.6 Å². The fourth-order valence-electron chi connectivity index (χ4n) is 4.13. The van der Waals surface area contributed by atoms with E-state index in [-0.39, 0.29) is 17.7 Å². The number of aromatic amines is 1. The molecule has 9 nitrogen and oxygen atoms in total. The number of rotatable bonds is 6. The molecule has 1 N–H and O–H groups in total. The minimum absolute atomic E-state index is 0.219. The first-order valence-corrected chi connectivity index (χ1v) is 10.6. The van der Waals surface area contributed by atoms with Gasteiger partial charge in [0, 0.05) is 19.3 Å². The van der Waals surface area contributed by atoms with Crippen molar-refractivity contribution < 1.29 is 9.47 Å². The second-order valence-electron chi connectivity index (χ2n) is 7.84. The number of para-hydroxylation sites is 2. The van der Waals surface area contributed by atoms with Gasteiger partial charge in [-0.2, -0.15) is 5.10 Å². The SMILES string of the molecule is COc1ccc(-c2c3c(=O)n(-c4ccccc4OC)[nH]c3cc(=O)n2Cc2ccn(C)n2)cc1. The van der Waals surface area contributed by atoms with E-state index in [4.69, 9.17) is 9.47 Å². The largest absolute Gasteiger partial charge is 0.497 e. The van der Waals surface area contributed by atoms with Crippen molar-refractivity contribution in [3.05, 3.63) is 93.3 Å². The average Bonchev–Trinajstić information content (AvgIpc) is 3.41. The highest BCUT2D eigenvalue weighted by molar-refractivity contribution is 5.92. The van der Waals surface area contributed by atoms with Crippen LogP contribution in [0.15, 0.2) is 76.4 Å². The molecular formula is C25H23N5O4. The Morgan fingerprint density at radius 3 is 2.41 bits per heavy atom. The molecule has 2 aromatic carbocycles. The molecule has 0 aliphatic carbocycles. The first-order valence-electron chi connectivity index (χ1n) is 10.6. The molecular weight excluding hydrogens is 434 g/mol. The van der Waals surface area contributed by atoms with Gasteiger partial charge >= 0.3 is 0 Å². The zero-order chi connectivity index (χ0) is 23.8. The van der Waals surface area contributed by atoms with Crippen LogP contribution in [0.2, 0.25) is 0 Å². The van der Waals surface area contributed by atoms with Crippen molar-refractivity contribution in [3.63, 3.8) is 0 Å². The molecule has 0 amide bonds. The molecule has 0 bridgehead atoms. The van der Waals surface area contributed by atoms with Crippen LogP contribution in [0, 0.1) is 0 Å². The summed E-state index contributed by atoms with van der Waals surface area (Å²) >= 11 is 0. The Morgan fingerprint density at radius 1 is 0.971 bits per heavy atom. The molecule has 0 saturated carbocycles. The lowest BCUT2D eigenvalue weighted by atomic mass is 10.1. The number of aromatic nitrogens is 5. The van der Waals surface area contributed by atoms with Crippen LogP contribution < -0.4 is 20.6 Å². The molecule has 0 saturated heterocycles. The number of methoxy groups -OCH3 is 2. The average molecular weight is 457 g/mol. The van der Waals surface area contributed by atoms with Crippen LogP contribution in [0.5, 0.6) is 11.5 Å². The second-order valence-corrected chi connectivity index (χ2v) is 7.84. The number of benzene rings is 2. The number of aryl methyl sites for hydroxylation is 1. The molecule has 0 unspecified atom stereocenters. The lowest BCUT2D eigenvalue weighted by molar-refractivity contribution is 0.411. The number of hydrogen-bond acceptors (Lipinski definition) is 5. The summed E-state index contributed by atoms with van der Waals surface area (Å²) in [6.45, 7) is 0.219. The number of H-pyrrole nitrogens is 1. The van der Waals surface area contributed by atoms with Gasteiger partial charge in [-0.15, -0.1) is 0 Å². The molecule has 0 radical (unpaired) electrons. The molecule has 5 rings (SSSR count). The lowest BCUT2D eigenvalue weighted by Gasteiger charge is -2.13. The number of nitrogens with one attached hydrogen (secondary N) is 1. The molecule has 5 aromatic rings. The molecule has 0 atom stereocenters. The first kappa shape index (κ1) is 21.3. The highest BCUT2D eigenvalue weighted by atomic mass is 16.5. The Kier molecular flexibility index (Phi) is 5.29. The third kappa shape index (κ3) is 3.57. The van der Waals surface area contributed by atoms with E-state index in [0.29, 0.717) is 45.0 Å². The Labute approximate surface area is 194 Å². The van der Waals surface area contributed by atoms with Gasteiger partial charge in [0.15, 0.2) is 0 Å². The molecule has 9 heteroatoms. The number of nitrogens with zero attached hydrogens (tertiary/aromatic N) is 4. The molecule has 0 fully saturated rings. The summed E-state index contributed by atoms with van der Waals surface area (Å²) in [5.41, 5.74) is 2.37. The maximum atomic E-state index is 13.8. The maximum Gasteiger partial charge on any atom is 0.281 e. The van der Waals surface area contributed by atoms with Crippen molar-refractivity contribution in [2.75, 3.05) is 14.2 Å². The zero-order valence-corrected chi connectivity index (χ0v) is 19.0. The van der Waals surface area contributed by atoms with Gasteiger partial charge in [0.05, 0.1) is 43.1 Å². The van der Waals surface area contributed by atoms with E-state index in [0.717, 1.165) is 0 Å². The van der Waals surface area contributed by atoms with Crippen LogP contribution in [0.4, 0.5) is 0 Å². The third-order valence-electron chi connectivity index (χ3n) is 5.74. The molecule has 3 heterocycles. The quantitative estimate of drug-likeness (QED) is 0.423. The van der Waals surface area contributed by atoms with E-state index in [1.54, 1.807) is 47.7 Å². The lowest BCUT2D eigenvalue weighted by Crippen LogP contribution is -2.24. The van der Waals surface area contributed by atoms with Gasteiger partial charge in [-0.1, -0.05) is 12.1 Å². The second kappa shape index (κ2) is 8.43. The van der Waals surface area contributed by atoms with Crippen LogP contribution in [0.3, 0.4) is 0 Å². The highest BCUT2D eigenvalue weighted by Gasteiger charge is 2.21. The summed E-state index contributed by atoms with van der Waals surface area (Å²) in [4.78, 5) is 27.0. The topological polar surface area (TPSA) is 96.1 Å². The molecule has 0 aliphatic rings. The van der Waals surface area contributed by atoms with E-state index in [2.05, 4.69) is 10.2 Å². The zero-order valence-electron chi connectivity index (χ0n) is 19.0. The molecule has 3 aromatic heterocycles. The number of pyridine rings is 1. The standard InChI is InChI=1S/C25H23N5O4/c1-28-13-12-17(26-28)15-29-22(31)14-19-23(24(29)16-8-10-18(33-2)11-9-16)25(32)30(27-19)20-6-4-5-7-21(20)34-3/h4-14,27H,15H2,1-3H3. The van der Waals surface area contributed by atoms with Gasteiger partial charge in [-0.3, -0.25) is 19.4 Å². The van der Waals surface area contributed by atoms with Gasteiger partial charge in [0.25, 0.3) is 11.1 Å². The fourth-order valence-corrected chi connectivity index (χ4v) is 4.13. The van der Waals surface area contributed by atoms with E-state index >= 15 is 0 Å². The van der Waals surface area contributed by atoms with Gasteiger partial charge in [0.1, 0.15) is 17.2 Å². The van der Waals surface area contributed by atoms with Gasteiger partial charge in [0.2, 0.25) is 0 Å². The predicted molar refractivity (Wildman–Crippen MR) is 129 cm³/mol. The first-order chi connectivity index (χ1) is 16.5. The van der Waals surface area contributed by atoms with E-state index in [9.17, 15) is 9.59 Å². The Balaban J connectivity index is 1.82. The summed E-state index contributed by atoms with van der Waals surface area (Å²) in [6, 6.07) is 17.8. The maximum absolute atomic E-state index is 13.8. The Bertz CT molecular complexity index is 1610. The number of hydrogen-bond donors (Lipinski definition) is 1.